The van der Waals surface area contributed by atoms with Crippen LogP contribution in [0.15, 0.2) is 24.4 Å². The molecule has 1 aliphatic rings. The molecule has 3 rings (SSSR count). The Balaban J connectivity index is 1.97. The van der Waals surface area contributed by atoms with E-state index in [9.17, 15) is 8.42 Å². The van der Waals surface area contributed by atoms with Gasteiger partial charge in [-0.3, -0.25) is 9.40 Å². The van der Waals surface area contributed by atoms with Gasteiger partial charge >= 0.3 is 0 Å². The summed E-state index contributed by atoms with van der Waals surface area (Å²) >= 11 is 0. The SMILES string of the molecule is Cn1ncc2ccc(NS(=O)(=O)C3CC3)cc21. The number of rotatable bonds is 3. The van der Waals surface area contributed by atoms with E-state index in [1.54, 1.807) is 16.9 Å². The highest BCUT2D eigenvalue weighted by atomic mass is 32.2. The molecule has 0 atom stereocenters. The molecule has 1 N–H and O–H groups in total. The summed E-state index contributed by atoms with van der Waals surface area (Å²) in [7, 11) is -1.35. The topological polar surface area (TPSA) is 64.0 Å². The lowest BCUT2D eigenvalue weighted by Crippen LogP contribution is -2.17. The normalized spacial score (nSPS) is 16.3. The van der Waals surface area contributed by atoms with Crippen LogP contribution in [0.5, 0.6) is 0 Å². The molecule has 0 unspecified atom stereocenters. The summed E-state index contributed by atoms with van der Waals surface area (Å²) in [5.41, 5.74) is 1.52. The summed E-state index contributed by atoms with van der Waals surface area (Å²) < 4.78 is 27.9. The van der Waals surface area contributed by atoms with Crippen LogP contribution in [0.25, 0.3) is 10.9 Å². The molecule has 0 aliphatic heterocycles. The molecule has 0 radical (unpaired) electrons. The van der Waals surface area contributed by atoms with Gasteiger partial charge in [0.2, 0.25) is 10.0 Å². The molecule has 1 aromatic carbocycles. The molecule has 1 saturated carbocycles. The molecule has 90 valence electrons. The fourth-order valence-corrected chi connectivity index (χ4v) is 3.21. The Morgan fingerprint density at radius 3 is 2.88 bits per heavy atom. The average Bonchev–Trinajstić information content (AvgIpc) is 3.06. The number of benzene rings is 1. The molecular weight excluding hydrogens is 238 g/mol. The molecule has 1 aliphatic carbocycles. The van der Waals surface area contributed by atoms with Crippen molar-refractivity contribution in [3.05, 3.63) is 24.4 Å². The van der Waals surface area contributed by atoms with Gasteiger partial charge in [-0.2, -0.15) is 5.10 Å². The van der Waals surface area contributed by atoms with E-state index in [2.05, 4.69) is 9.82 Å². The second kappa shape index (κ2) is 3.46. The maximum absolute atomic E-state index is 11.8. The van der Waals surface area contributed by atoms with Crippen molar-refractivity contribution in [2.45, 2.75) is 18.1 Å². The summed E-state index contributed by atoms with van der Waals surface area (Å²) in [5.74, 6) is 0. The highest BCUT2D eigenvalue weighted by molar-refractivity contribution is 7.93. The molecule has 1 fully saturated rings. The molecular formula is C11H13N3O2S. The number of anilines is 1. The number of nitrogens with zero attached hydrogens (tertiary/aromatic N) is 2. The molecule has 0 saturated heterocycles. The summed E-state index contributed by atoms with van der Waals surface area (Å²) in [5, 5.41) is 4.92. The van der Waals surface area contributed by atoms with Crippen LogP contribution in [-0.2, 0) is 17.1 Å². The van der Waals surface area contributed by atoms with Gasteiger partial charge in [-0.15, -0.1) is 0 Å². The minimum atomic E-state index is -3.18. The number of aromatic nitrogens is 2. The fraction of sp³-hybridized carbons (Fsp3) is 0.364. The van der Waals surface area contributed by atoms with E-state index >= 15 is 0 Å². The summed E-state index contributed by atoms with van der Waals surface area (Å²) in [6, 6.07) is 5.44. The summed E-state index contributed by atoms with van der Waals surface area (Å²) in [6.07, 6.45) is 3.29. The van der Waals surface area contributed by atoms with Gasteiger partial charge in [0.05, 0.1) is 22.7 Å². The quantitative estimate of drug-likeness (QED) is 0.898. The third-order valence-corrected chi connectivity index (χ3v) is 4.84. The van der Waals surface area contributed by atoms with Crippen LogP contribution in [0.2, 0.25) is 0 Å². The van der Waals surface area contributed by atoms with Crippen LogP contribution in [0.3, 0.4) is 0 Å². The average molecular weight is 251 g/mol. The highest BCUT2D eigenvalue weighted by Gasteiger charge is 2.35. The first kappa shape index (κ1) is 10.6. The van der Waals surface area contributed by atoms with Crippen molar-refractivity contribution in [1.29, 1.82) is 0 Å². The van der Waals surface area contributed by atoms with Crippen LogP contribution in [0.4, 0.5) is 5.69 Å². The van der Waals surface area contributed by atoms with Crippen molar-refractivity contribution in [3.8, 4) is 0 Å². The Labute approximate surface area is 99.5 Å². The van der Waals surface area contributed by atoms with E-state index < -0.39 is 10.0 Å². The zero-order valence-electron chi connectivity index (χ0n) is 9.42. The highest BCUT2D eigenvalue weighted by Crippen LogP contribution is 2.30. The summed E-state index contributed by atoms with van der Waals surface area (Å²) in [6.45, 7) is 0. The van der Waals surface area contributed by atoms with E-state index in [4.69, 9.17) is 0 Å². The number of hydrogen-bond donors (Lipinski definition) is 1. The molecule has 0 amide bonds. The Morgan fingerprint density at radius 1 is 1.41 bits per heavy atom. The molecule has 17 heavy (non-hydrogen) atoms. The van der Waals surface area contributed by atoms with Crippen LogP contribution in [-0.4, -0.2) is 23.4 Å². The van der Waals surface area contributed by atoms with Crippen molar-refractivity contribution in [2.75, 3.05) is 4.72 Å². The summed E-state index contributed by atoms with van der Waals surface area (Å²) in [4.78, 5) is 0. The number of hydrogen-bond acceptors (Lipinski definition) is 3. The third-order valence-electron chi connectivity index (χ3n) is 2.97. The molecule has 2 aromatic rings. The fourth-order valence-electron chi connectivity index (χ4n) is 1.83. The van der Waals surface area contributed by atoms with Crippen molar-refractivity contribution < 1.29 is 8.42 Å². The van der Waals surface area contributed by atoms with Crippen LogP contribution >= 0.6 is 0 Å². The van der Waals surface area contributed by atoms with Gasteiger partial charge in [0.15, 0.2) is 0 Å². The second-order valence-electron chi connectivity index (χ2n) is 4.39. The molecule has 6 heteroatoms. The number of sulfonamides is 1. The Bertz CT molecular complexity index is 671. The van der Waals surface area contributed by atoms with Crippen LogP contribution in [0, 0.1) is 0 Å². The third kappa shape index (κ3) is 1.88. The second-order valence-corrected chi connectivity index (χ2v) is 6.35. The first-order chi connectivity index (χ1) is 8.06. The van der Waals surface area contributed by atoms with Gasteiger partial charge in [0.1, 0.15) is 0 Å². The van der Waals surface area contributed by atoms with E-state index in [0.29, 0.717) is 5.69 Å². The number of nitrogens with one attached hydrogen (secondary N) is 1. The van der Waals surface area contributed by atoms with Crippen molar-refractivity contribution >= 4 is 26.6 Å². The van der Waals surface area contributed by atoms with E-state index in [1.807, 2.05) is 19.2 Å². The van der Waals surface area contributed by atoms with Crippen molar-refractivity contribution in [2.24, 2.45) is 7.05 Å². The number of aryl methyl sites for hydroxylation is 1. The lowest BCUT2D eigenvalue weighted by molar-refractivity contribution is 0.600. The standard InChI is InChI=1S/C11H13N3O2S/c1-14-11-6-9(3-2-8(11)7-12-14)13-17(15,16)10-4-5-10/h2-3,6-7,10,13H,4-5H2,1H3. The maximum Gasteiger partial charge on any atom is 0.235 e. The number of fused-ring (bicyclic) bond motifs is 1. The minimum Gasteiger partial charge on any atom is -0.283 e. The van der Waals surface area contributed by atoms with E-state index in [1.165, 1.54) is 0 Å². The minimum absolute atomic E-state index is 0.204. The van der Waals surface area contributed by atoms with Crippen molar-refractivity contribution in [1.82, 2.24) is 9.78 Å². The van der Waals surface area contributed by atoms with Gasteiger partial charge in [0.25, 0.3) is 0 Å². The predicted molar refractivity (Wildman–Crippen MR) is 66.3 cm³/mol. The van der Waals surface area contributed by atoms with Crippen molar-refractivity contribution in [3.63, 3.8) is 0 Å². The first-order valence-electron chi connectivity index (χ1n) is 5.50. The molecule has 0 bridgehead atoms. The van der Waals surface area contributed by atoms with E-state index in [-0.39, 0.29) is 5.25 Å². The Kier molecular flexibility index (Phi) is 2.16. The zero-order valence-corrected chi connectivity index (χ0v) is 10.2. The van der Waals surface area contributed by atoms with Gasteiger partial charge in [-0.25, -0.2) is 8.42 Å². The largest absolute Gasteiger partial charge is 0.283 e. The lowest BCUT2D eigenvalue weighted by atomic mass is 10.2. The van der Waals surface area contributed by atoms with Crippen LogP contribution < -0.4 is 4.72 Å². The predicted octanol–water partition coefficient (Wildman–Crippen LogP) is 1.48. The van der Waals surface area contributed by atoms with E-state index in [0.717, 1.165) is 23.7 Å². The van der Waals surface area contributed by atoms with Crippen LogP contribution in [0.1, 0.15) is 12.8 Å². The van der Waals surface area contributed by atoms with Gasteiger partial charge in [-0.05, 0) is 31.0 Å². The molecule has 5 nitrogen and oxygen atoms in total. The smallest absolute Gasteiger partial charge is 0.235 e. The molecule has 1 aromatic heterocycles. The maximum atomic E-state index is 11.8. The molecule has 1 heterocycles. The van der Waals surface area contributed by atoms with Gasteiger partial charge in [-0.1, -0.05) is 0 Å². The Hall–Kier alpha value is -1.56. The first-order valence-corrected chi connectivity index (χ1v) is 7.04. The lowest BCUT2D eigenvalue weighted by Gasteiger charge is -2.07. The molecule has 0 spiro atoms. The van der Waals surface area contributed by atoms with Gasteiger partial charge in [0, 0.05) is 12.4 Å². The van der Waals surface area contributed by atoms with Gasteiger partial charge < -0.3 is 0 Å². The zero-order chi connectivity index (χ0) is 12.0. The Morgan fingerprint density at radius 2 is 2.18 bits per heavy atom. The monoisotopic (exact) mass is 251 g/mol.